The van der Waals surface area contributed by atoms with Crippen LogP contribution in [0.4, 0.5) is 0 Å². The van der Waals surface area contributed by atoms with E-state index in [9.17, 15) is 4.79 Å². The Hall–Kier alpha value is 0.595. The first kappa shape index (κ1) is 38.9. The molecule has 0 heterocycles. The zero-order valence-electron chi connectivity index (χ0n) is 12.3. The van der Waals surface area contributed by atoms with Gasteiger partial charge in [0.2, 0.25) is 0 Å². The molecule has 0 N–H and O–H groups in total. The van der Waals surface area contributed by atoms with Gasteiger partial charge in [-0.25, -0.2) is 0 Å². The molecule has 0 radical (unpaired) electrons. The van der Waals surface area contributed by atoms with Crippen LogP contribution in [0, 0.1) is 0 Å². The summed E-state index contributed by atoms with van der Waals surface area (Å²) in [4.78, 5) is 61.5. The Balaban J connectivity index is -0.0000000444. The predicted octanol–water partition coefficient (Wildman–Crippen LogP) is -3.93. The number of carbonyl (C=O) groups is 1. The number of rotatable bonds is 4. The molecule has 0 saturated heterocycles. The van der Waals surface area contributed by atoms with Crippen molar-refractivity contribution in [2.45, 2.75) is 33.1 Å². The van der Waals surface area contributed by atoms with Crippen LogP contribution in [-0.2, 0) is 23.2 Å². The van der Waals surface area contributed by atoms with Crippen molar-refractivity contribution < 1.29 is 52.6 Å². The normalized spacial score (nSPS) is 6.96. The molecule has 0 saturated carbocycles. The van der Waals surface area contributed by atoms with Crippen molar-refractivity contribution in [2.75, 3.05) is 6.61 Å². The Morgan fingerprint density at radius 1 is 0.826 bits per heavy atom. The largest absolute Gasteiger partial charge is 3.00 e. The van der Waals surface area contributed by atoms with E-state index in [1.54, 1.807) is 0 Å². The molecule has 0 aliphatic rings. The fourth-order valence-electron chi connectivity index (χ4n) is 0.554. The summed E-state index contributed by atoms with van der Waals surface area (Å²) >= 11 is 0. The third kappa shape index (κ3) is 166. The van der Waals surface area contributed by atoms with Crippen molar-refractivity contribution in [1.82, 2.24) is 0 Å². The fourth-order valence-corrected chi connectivity index (χ4v) is 0.554. The molecular formula is C7H14Al2O11P3+3. The second-order valence-electron chi connectivity index (χ2n) is 2.58. The van der Waals surface area contributed by atoms with Gasteiger partial charge in [-0.1, -0.05) is 27.0 Å². The molecule has 0 rings (SSSR count). The van der Waals surface area contributed by atoms with E-state index >= 15 is 0 Å². The van der Waals surface area contributed by atoms with E-state index in [-0.39, 0.29) is 40.7 Å². The molecule has 0 amide bonds. The summed E-state index contributed by atoms with van der Waals surface area (Å²) < 4.78 is 30.1. The summed E-state index contributed by atoms with van der Waals surface area (Å²) in [6, 6.07) is 0. The second kappa shape index (κ2) is 34.0. The Bertz CT molecular complexity index is 265. The summed E-state index contributed by atoms with van der Waals surface area (Å²) in [6.07, 6.45) is 2.57. The number of carbonyl (C=O) groups excluding carboxylic acids is 1. The monoisotopic (exact) mass is 421 g/mol. The average molecular weight is 421 g/mol. The van der Waals surface area contributed by atoms with Crippen LogP contribution < -0.4 is 29.4 Å². The van der Waals surface area contributed by atoms with Gasteiger partial charge in [-0.15, -0.1) is 0 Å². The number of ether oxygens (including phenoxy) is 1. The van der Waals surface area contributed by atoms with E-state index in [2.05, 4.69) is 6.92 Å². The van der Waals surface area contributed by atoms with Gasteiger partial charge >= 0.3 is 40.7 Å². The molecule has 0 aromatic carbocycles. The maximum atomic E-state index is 10.6. The number of unbranched alkanes of at least 4 members (excludes halogenated alkanes) is 1. The van der Waals surface area contributed by atoms with Crippen LogP contribution >= 0.6 is 24.8 Å². The smallest absolute Gasteiger partial charge is 0.598 e. The molecule has 0 unspecified atom stereocenters. The maximum absolute atomic E-state index is 10.6. The van der Waals surface area contributed by atoms with Crippen LogP contribution in [0.3, 0.4) is 0 Å². The third-order valence-corrected chi connectivity index (χ3v) is 1.04. The van der Waals surface area contributed by atoms with Gasteiger partial charge in [0, 0.05) is 6.42 Å². The van der Waals surface area contributed by atoms with Crippen LogP contribution in [0.15, 0.2) is 0 Å². The Morgan fingerprint density at radius 3 is 1.26 bits per heavy atom. The predicted molar refractivity (Wildman–Crippen MR) is 70.5 cm³/mol. The minimum Gasteiger partial charge on any atom is -0.598 e. The van der Waals surface area contributed by atoms with Crippen molar-refractivity contribution in [1.29, 1.82) is 0 Å². The van der Waals surface area contributed by atoms with Crippen LogP contribution in [0.25, 0.3) is 0 Å². The van der Waals surface area contributed by atoms with Gasteiger partial charge in [0.25, 0.3) is 24.8 Å². The van der Waals surface area contributed by atoms with E-state index in [0.717, 1.165) is 12.8 Å². The van der Waals surface area contributed by atoms with E-state index < -0.39 is 24.8 Å². The quantitative estimate of drug-likeness (QED) is 0.243. The number of hydrogen-bond donors (Lipinski definition) is 0. The third-order valence-electron chi connectivity index (χ3n) is 1.04. The fraction of sp³-hybridized carbons (Fsp3) is 0.857. The summed E-state index contributed by atoms with van der Waals surface area (Å²) in [7, 11) is -10.1. The molecule has 0 aliphatic heterocycles. The van der Waals surface area contributed by atoms with Crippen molar-refractivity contribution >= 4 is 65.5 Å². The van der Waals surface area contributed by atoms with Gasteiger partial charge in [-0.2, -0.15) is 0 Å². The van der Waals surface area contributed by atoms with Crippen LogP contribution in [-0.4, -0.2) is 47.3 Å². The first-order chi connectivity index (χ1) is 9.50. The van der Waals surface area contributed by atoms with E-state index in [4.69, 9.17) is 47.8 Å². The van der Waals surface area contributed by atoms with Crippen molar-refractivity contribution in [3.63, 3.8) is 0 Å². The van der Waals surface area contributed by atoms with E-state index in [1.165, 1.54) is 0 Å². The molecule has 0 bridgehead atoms. The van der Waals surface area contributed by atoms with Crippen molar-refractivity contribution in [3.05, 3.63) is 0 Å². The Morgan fingerprint density at radius 2 is 1.09 bits per heavy atom. The zero-order valence-corrected chi connectivity index (χ0v) is 17.3. The zero-order chi connectivity index (χ0) is 17.8. The molecule has 0 aromatic heterocycles. The van der Waals surface area contributed by atoms with Crippen molar-refractivity contribution in [3.8, 4) is 0 Å². The molecule has 0 aliphatic carbocycles. The van der Waals surface area contributed by atoms with Crippen LogP contribution in [0.2, 0.25) is 0 Å². The molecule has 23 heavy (non-hydrogen) atoms. The van der Waals surface area contributed by atoms with Gasteiger partial charge in [0.05, 0.1) is 6.61 Å². The molecule has 126 valence electrons. The van der Waals surface area contributed by atoms with Gasteiger partial charge < -0.3 is 34.1 Å². The topological polar surface area (TPSA) is 216 Å². The minimum atomic E-state index is -3.37. The molecule has 0 fully saturated rings. The summed E-state index contributed by atoms with van der Waals surface area (Å²) in [5.74, 6) is -0.0700. The second-order valence-corrected chi connectivity index (χ2v) is 3.92. The summed E-state index contributed by atoms with van der Waals surface area (Å²) in [5, 5.41) is 0. The number of hydrogen-bond acceptors (Lipinski definition) is 11. The molecule has 0 atom stereocenters. The van der Waals surface area contributed by atoms with E-state index in [0.29, 0.717) is 13.0 Å². The maximum Gasteiger partial charge on any atom is 3.00 e. The van der Waals surface area contributed by atoms with E-state index in [1.807, 2.05) is 6.92 Å². The van der Waals surface area contributed by atoms with Gasteiger partial charge in [-0.05, 0) is 13.3 Å². The van der Waals surface area contributed by atoms with Crippen molar-refractivity contribution in [2.24, 2.45) is 0 Å². The van der Waals surface area contributed by atoms with Gasteiger partial charge in [0.15, 0.2) is 0 Å². The standard InChI is InChI=1S/C7H14O2.2Al.3HO3P/c1-3-5-6-7(8)9-4-2;;;3*1-4(2)3/h3-6H2,1-2H3;;;3*(H,1,2,3)/q;2*+3;;;/p-3. The van der Waals surface area contributed by atoms with Crippen LogP contribution in [0.5, 0.6) is 0 Å². The SMILES string of the molecule is CCCCC(=O)OCC.O=[P+]([O-])[O-].O=[P+]([O-])[O-].O=[P+]([O-])[O-].[Al+3].[Al+3]. The molecular weight excluding hydrogens is 407 g/mol. The van der Waals surface area contributed by atoms with Gasteiger partial charge in [-0.3, -0.25) is 4.79 Å². The summed E-state index contributed by atoms with van der Waals surface area (Å²) in [6.45, 7) is 4.38. The molecule has 11 nitrogen and oxygen atoms in total. The summed E-state index contributed by atoms with van der Waals surface area (Å²) in [5.41, 5.74) is 0. The molecule has 0 spiro atoms. The Labute approximate surface area is 157 Å². The molecule has 0 aromatic rings. The molecule has 16 heteroatoms. The first-order valence-electron chi connectivity index (χ1n) is 5.11. The average Bonchev–Trinajstić information content (AvgIpc) is 2.24. The Kier molecular flexibility index (Phi) is 57.6. The minimum absolute atomic E-state index is 0. The van der Waals surface area contributed by atoms with Gasteiger partial charge in [0.1, 0.15) is 0 Å². The number of esters is 1. The van der Waals surface area contributed by atoms with Crippen LogP contribution in [0.1, 0.15) is 33.1 Å². The first-order valence-corrected chi connectivity index (χ1v) is 8.39.